The third-order valence-corrected chi connectivity index (χ3v) is 2.69. The summed E-state index contributed by atoms with van der Waals surface area (Å²) in [4.78, 5) is 11.5. The van der Waals surface area contributed by atoms with Crippen LogP contribution in [0.3, 0.4) is 0 Å². The molecule has 0 fully saturated rings. The Morgan fingerprint density at radius 1 is 1.69 bits per heavy atom. The molecule has 16 heavy (non-hydrogen) atoms. The summed E-state index contributed by atoms with van der Waals surface area (Å²) < 4.78 is 4.83. The van der Waals surface area contributed by atoms with Gasteiger partial charge in [0.1, 0.15) is 6.04 Å². The minimum absolute atomic E-state index is 0.166. The van der Waals surface area contributed by atoms with Crippen molar-refractivity contribution in [3.8, 4) is 0 Å². The van der Waals surface area contributed by atoms with Crippen molar-refractivity contribution in [3.63, 3.8) is 0 Å². The number of amides is 1. The summed E-state index contributed by atoms with van der Waals surface area (Å²) in [5.74, 6) is -0.166. The van der Waals surface area contributed by atoms with Crippen LogP contribution in [0.2, 0.25) is 0 Å². The van der Waals surface area contributed by atoms with E-state index in [1.807, 2.05) is 0 Å². The minimum Gasteiger partial charge on any atom is -0.383 e. The highest BCUT2D eigenvalue weighted by atomic mass is 16.5. The molecule has 0 aromatic heterocycles. The van der Waals surface area contributed by atoms with E-state index in [9.17, 15) is 4.79 Å². The summed E-state index contributed by atoms with van der Waals surface area (Å²) in [6.07, 6.45) is 6.36. The number of rotatable bonds is 5. The van der Waals surface area contributed by atoms with Gasteiger partial charge < -0.3 is 15.8 Å². The first-order valence-electron chi connectivity index (χ1n) is 5.52. The molecule has 1 unspecified atom stereocenters. The van der Waals surface area contributed by atoms with Crippen LogP contribution in [-0.4, -0.2) is 32.2 Å². The number of nitrogens with two attached hydrogens (primary N) is 1. The zero-order valence-electron chi connectivity index (χ0n) is 9.95. The topological polar surface area (TPSA) is 64.3 Å². The molecule has 1 atom stereocenters. The highest BCUT2D eigenvalue weighted by molar-refractivity contribution is 5.81. The number of carbonyl (C=O) groups is 1. The number of nitrogens with one attached hydrogen (secondary N) is 1. The van der Waals surface area contributed by atoms with Crippen LogP contribution in [0, 0.1) is 0 Å². The molecule has 1 aliphatic rings. The second kappa shape index (κ2) is 6.45. The molecular weight excluding hydrogens is 204 g/mol. The Kier molecular flexibility index (Phi) is 5.22. The second-order valence-electron chi connectivity index (χ2n) is 4.03. The Hall–Kier alpha value is -1.13. The van der Waals surface area contributed by atoms with Crippen LogP contribution in [-0.2, 0) is 9.53 Å². The highest BCUT2D eigenvalue weighted by Crippen LogP contribution is 2.17. The molecule has 0 bridgehead atoms. The van der Waals surface area contributed by atoms with Crippen LogP contribution in [0.25, 0.3) is 0 Å². The van der Waals surface area contributed by atoms with Crippen LogP contribution < -0.4 is 11.1 Å². The molecule has 1 aliphatic carbocycles. The normalized spacial score (nSPS) is 17.4. The Balaban J connectivity index is 2.39. The zero-order valence-corrected chi connectivity index (χ0v) is 9.95. The minimum atomic E-state index is -0.585. The molecule has 0 aliphatic heterocycles. The molecule has 3 N–H and O–H groups in total. The van der Waals surface area contributed by atoms with E-state index in [1.165, 1.54) is 18.3 Å². The summed E-state index contributed by atoms with van der Waals surface area (Å²) in [7, 11) is 1.53. The first kappa shape index (κ1) is 12.9. The van der Waals surface area contributed by atoms with Crippen molar-refractivity contribution in [3.05, 3.63) is 23.3 Å². The van der Waals surface area contributed by atoms with Gasteiger partial charge in [-0.25, -0.2) is 0 Å². The molecule has 0 saturated carbocycles. The second-order valence-corrected chi connectivity index (χ2v) is 4.03. The van der Waals surface area contributed by atoms with Crippen molar-refractivity contribution in [2.24, 2.45) is 5.73 Å². The lowest BCUT2D eigenvalue weighted by molar-refractivity contribution is -0.123. The Labute approximate surface area is 96.5 Å². The van der Waals surface area contributed by atoms with Gasteiger partial charge in [-0.05, 0) is 25.3 Å². The van der Waals surface area contributed by atoms with Crippen LogP contribution >= 0.6 is 0 Å². The van der Waals surface area contributed by atoms with Crippen LogP contribution in [0.4, 0.5) is 0 Å². The fourth-order valence-electron chi connectivity index (χ4n) is 1.61. The molecule has 1 amide bonds. The Morgan fingerprint density at radius 2 is 2.44 bits per heavy atom. The van der Waals surface area contributed by atoms with Gasteiger partial charge in [0.05, 0.1) is 6.61 Å². The first-order valence-corrected chi connectivity index (χ1v) is 5.52. The van der Waals surface area contributed by atoms with Crippen molar-refractivity contribution in [2.45, 2.75) is 25.8 Å². The van der Waals surface area contributed by atoms with Gasteiger partial charge in [-0.2, -0.15) is 0 Å². The monoisotopic (exact) mass is 224 g/mol. The third-order valence-electron chi connectivity index (χ3n) is 2.69. The lowest BCUT2D eigenvalue weighted by Gasteiger charge is -2.15. The fourth-order valence-corrected chi connectivity index (χ4v) is 1.61. The number of hydrogen-bond donors (Lipinski definition) is 2. The summed E-state index contributed by atoms with van der Waals surface area (Å²) in [5.41, 5.74) is 8.13. The van der Waals surface area contributed by atoms with Crippen molar-refractivity contribution in [1.29, 1.82) is 0 Å². The predicted molar refractivity (Wildman–Crippen MR) is 63.9 cm³/mol. The predicted octanol–water partition coefficient (Wildman–Crippen LogP) is 0.743. The van der Waals surface area contributed by atoms with Crippen molar-refractivity contribution in [1.82, 2.24) is 5.32 Å². The molecule has 0 aromatic carbocycles. The quantitative estimate of drug-likeness (QED) is 0.724. The maximum Gasteiger partial charge on any atom is 0.239 e. The van der Waals surface area contributed by atoms with Crippen molar-refractivity contribution < 1.29 is 9.53 Å². The van der Waals surface area contributed by atoms with Crippen LogP contribution in [0.15, 0.2) is 23.3 Å². The van der Waals surface area contributed by atoms with Crippen molar-refractivity contribution >= 4 is 5.91 Å². The van der Waals surface area contributed by atoms with Crippen molar-refractivity contribution in [2.75, 3.05) is 20.3 Å². The first-order chi connectivity index (χ1) is 7.65. The number of carbonyl (C=O) groups excluding carboxylic acids is 1. The Bertz CT molecular complexity index is 308. The molecule has 4 nitrogen and oxygen atoms in total. The van der Waals surface area contributed by atoms with E-state index in [2.05, 4.69) is 24.4 Å². The average Bonchev–Trinajstić information content (AvgIpc) is 2.28. The van der Waals surface area contributed by atoms with Crippen LogP contribution in [0.5, 0.6) is 0 Å². The number of ether oxygens (including phenoxy) is 1. The molecule has 0 aromatic rings. The summed E-state index contributed by atoms with van der Waals surface area (Å²) in [6, 6.07) is -0.585. The SMILES string of the molecule is COCC(N)C(=O)NCC1=C(C)CCC=C1. The molecule has 0 spiro atoms. The molecule has 0 heterocycles. The van der Waals surface area contributed by atoms with Gasteiger partial charge in [-0.1, -0.05) is 17.7 Å². The smallest absolute Gasteiger partial charge is 0.239 e. The van der Waals surface area contributed by atoms with Gasteiger partial charge in [0, 0.05) is 13.7 Å². The molecule has 4 heteroatoms. The number of methoxy groups -OCH3 is 1. The third kappa shape index (κ3) is 3.79. The zero-order chi connectivity index (χ0) is 12.0. The Morgan fingerprint density at radius 3 is 3.06 bits per heavy atom. The van der Waals surface area contributed by atoms with E-state index in [0.717, 1.165) is 12.8 Å². The van der Waals surface area contributed by atoms with Gasteiger partial charge in [-0.3, -0.25) is 4.79 Å². The van der Waals surface area contributed by atoms with E-state index in [0.29, 0.717) is 6.54 Å². The van der Waals surface area contributed by atoms with Gasteiger partial charge in [0.2, 0.25) is 5.91 Å². The summed E-state index contributed by atoms with van der Waals surface area (Å²) in [5, 5.41) is 2.81. The maximum absolute atomic E-state index is 11.5. The largest absolute Gasteiger partial charge is 0.383 e. The molecule has 90 valence electrons. The molecule has 0 saturated heterocycles. The number of allylic oxidation sites excluding steroid dienone is 2. The van der Waals surface area contributed by atoms with Gasteiger partial charge in [0.15, 0.2) is 0 Å². The number of hydrogen-bond acceptors (Lipinski definition) is 3. The lowest BCUT2D eigenvalue weighted by atomic mass is 9.99. The standard InChI is InChI=1S/C12H20N2O2/c1-9-5-3-4-6-10(9)7-14-12(15)11(13)8-16-2/h4,6,11H,3,5,7-8,13H2,1-2H3,(H,14,15). The lowest BCUT2D eigenvalue weighted by Crippen LogP contribution is -2.44. The maximum atomic E-state index is 11.5. The highest BCUT2D eigenvalue weighted by Gasteiger charge is 2.13. The van der Waals surface area contributed by atoms with E-state index >= 15 is 0 Å². The van der Waals surface area contributed by atoms with E-state index in [4.69, 9.17) is 10.5 Å². The summed E-state index contributed by atoms with van der Waals surface area (Å²) in [6.45, 7) is 2.90. The van der Waals surface area contributed by atoms with Gasteiger partial charge in [0.25, 0.3) is 0 Å². The van der Waals surface area contributed by atoms with E-state index < -0.39 is 6.04 Å². The molecular formula is C12H20N2O2. The van der Waals surface area contributed by atoms with E-state index in [1.54, 1.807) is 0 Å². The fraction of sp³-hybridized carbons (Fsp3) is 0.583. The molecule has 1 rings (SSSR count). The van der Waals surface area contributed by atoms with Gasteiger partial charge >= 0.3 is 0 Å². The van der Waals surface area contributed by atoms with Gasteiger partial charge in [-0.15, -0.1) is 0 Å². The summed E-state index contributed by atoms with van der Waals surface area (Å²) >= 11 is 0. The van der Waals surface area contributed by atoms with Crippen LogP contribution in [0.1, 0.15) is 19.8 Å². The average molecular weight is 224 g/mol. The van der Waals surface area contributed by atoms with E-state index in [-0.39, 0.29) is 12.5 Å². The molecule has 0 radical (unpaired) electrons.